The lowest BCUT2D eigenvalue weighted by molar-refractivity contribution is -0.134. The first kappa shape index (κ1) is 13.2. The van der Waals surface area contributed by atoms with Crippen LogP contribution < -0.4 is 5.32 Å². The molecule has 0 aliphatic rings. The van der Waals surface area contributed by atoms with Gasteiger partial charge in [-0.2, -0.15) is 0 Å². The predicted octanol–water partition coefficient (Wildman–Crippen LogP) is 2.03. The third-order valence-corrected chi connectivity index (χ3v) is 2.26. The Kier molecular flexibility index (Phi) is 5.20. The van der Waals surface area contributed by atoms with Crippen LogP contribution in [0.4, 0.5) is 4.39 Å². The molecule has 1 unspecified atom stereocenters. The molecule has 3 nitrogen and oxygen atoms in total. The van der Waals surface area contributed by atoms with E-state index in [1.165, 1.54) is 25.3 Å². The van der Waals surface area contributed by atoms with Crippen LogP contribution in [0.25, 0.3) is 0 Å². The number of nitrogens with one attached hydrogen (secondary N) is 1. The van der Waals surface area contributed by atoms with E-state index in [0.29, 0.717) is 0 Å². The maximum Gasteiger partial charge on any atom is 0.331 e. The van der Waals surface area contributed by atoms with Crippen molar-refractivity contribution in [2.45, 2.75) is 19.4 Å². The van der Waals surface area contributed by atoms with Gasteiger partial charge in [-0.15, -0.1) is 0 Å². The molecule has 0 bridgehead atoms. The van der Waals surface area contributed by atoms with Gasteiger partial charge in [0.15, 0.2) is 0 Å². The molecule has 0 amide bonds. The molecule has 0 aliphatic heterocycles. The molecule has 0 aliphatic carbocycles. The Balaban J connectivity index is 2.39. The minimum absolute atomic E-state index is 0.154. The number of esters is 1. The van der Waals surface area contributed by atoms with Gasteiger partial charge >= 0.3 is 5.97 Å². The summed E-state index contributed by atoms with van der Waals surface area (Å²) in [5, 5.41) is 3.04. The molecule has 1 N–H and O–H groups in total. The highest BCUT2D eigenvalue weighted by molar-refractivity contribution is 5.81. The monoisotopic (exact) mass is 237 g/mol. The lowest BCUT2D eigenvalue weighted by atomic mass is 10.1. The van der Waals surface area contributed by atoms with Gasteiger partial charge in [0.1, 0.15) is 5.82 Å². The number of ether oxygens (including phenoxy) is 1. The second-order valence-corrected chi connectivity index (χ2v) is 3.75. The van der Waals surface area contributed by atoms with E-state index in [9.17, 15) is 9.18 Å². The van der Waals surface area contributed by atoms with Crippen molar-refractivity contribution in [1.29, 1.82) is 0 Å². The van der Waals surface area contributed by atoms with Gasteiger partial charge in [-0.1, -0.05) is 12.1 Å². The second-order valence-electron chi connectivity index (χ2n) is 3.75. The van der Waals surface area contributed by atoms with Crippen molar-refractivity contribution < 1.29 is 13.9 Å². The van der Waals surface area contributed by atoms with Crippen LogP contribution in [0, 0.1) is 5.82 Å². The van der Waals surface area contributed by atoms with Gasteiger partial charge < -0.3 is 10.1 Å². The summed E-state index contributed by atoms with van der Waals surface area (Å²) in [4.78, 5) is 10.8. The molecule has 1 aromatic rings. The summed E-state index contributed by atoms with van der Waals surface area (Å²) in [6.45, 7) is 1.98. The summed E-state index contributed by atoms with van der Waals surface area (Å²) in [6.07, 6.45) is 3.63. The lowest BCUT2D eigenvalue weighted by Crippen LogP contribution is -2.23. The first-order valence-electron chi connectivity index (χ1n) is 5.37. The number of carbonyl (C=O) groups excluding carboxylic acids is 1. The highest BCUT2D eigenvalue weighted by atomic mass is 19.1. The fraction of sp³-hybridized carbons (Fsp3) is 0.308. The molecular formula is C13H16FNO2. The summed E-state index contributed by atoms with van der Waals surface area (Å²) < 4.78 is 17.1. The van der Waals surface area contributed by atoms with Gasteiger partial charge in [-0.3, -0.25) is 0 Å². The highest BCUT2D eigenvalue weighted by Gasteiger charge is 2.01. The smallest absolute Gasteiger partial charge is 0.331 e. The maximum absolute atomic E-state index is 12.7. The van der Waals surface area contributed by atoms with E-state index < -0.39 is 5.97 Å². The first-order valence-corrected chi connectivity index (χ1v) is 5.37. The molecule has 0 heterocycles. The van der Waals surface area contributed by atoms with Gasteiger partial charge in [-0.05, 0) is 31.0 Å². The van der Waals surface area contributed by atoms with E-state index in [-0.39, 0.29) is 11.9 Å². The molecule has 1 aromatic carbocycles. The number of rotatable bonds is 5. The molecule has 1 atom stereocenters. The second kappa shape index (κ2) is 6.68. The summed E-state index contributed by atoms with van der Waals surface area (Å²) in [7, 11) is 1.33. The van der Waals surface area contributed by atoms with Gasteiger partial charge in [0, 0.05) is 18.3 Å². The van der Waals surface area contributed by atoms with Crippen molar-refractivity contribution in [2.24, 2.45) is 0 Å². The molecule has 0 saturated carbocycles. The summed E-state index contributed by atoms with van der Waals surface area (Å²) >= 11 is 0. The van der Waals surface area contributed by atoms with Crippen molar-refractivity contribution in [2.75, 3.05) is 7.11 Å². The zero-order valence-corrected chi connectivity index (χ0v) is 9.94. The van der Waals surface area contributed by atoms with Crippen molar-refractivity contribution in [3.63, 3.8) is 0 Å². The SMILES string of the molecule is COC(=O)/C=C/NC(C)Cc1ccc(F)cc1. The Morgan fingerprint density at radius 2 is 2.12 bits per heavy atom. The van der Waals surface area contributed by atoms with Crippen molar-refractivity contribution in [1.82, 2.24) is 5.32 Å². The zero-order chi connectivity index (χ0) is 12.7. The lowest BCUT2D eigenvalue weighted by Gasteiger charge is -2.11. The number of halogens is 1. The van der Waals surface area contributed by atoms with Crippen LogP contribution in [0.15, 0.2) is 36.5 Å². The average Bonchev–Trinajstić information content (AvgIpc) is 2.32. The van der Waals surface area contributed by atoms with Crippen LogP contribution in [0.5, 0.6) is 0 Å². The largest absolute Gasteiger partial charge is 0.466 e. The number of carbonyl (C=O) groups is 1. The highest BCUT2D eigenvalue weighted by Crippen LogP contribution is 2.05. The van der Waals surface area contributed by atoms with Crippen LogP contribution in [0.3, 0.4) is 0 Å². The van der Waals surface area contributed by atoms with Crippen molar-refractivity contribution in [3.05, 3.63) is 47.9 Å². The van der Waals surface area contributed by atoms with Crippen LogP contribution >= 0.6 is 0 Å². The predicted molar refractivity (Wildman–Crippen MR) is 63.9 cm³/mol. The molecule has 0 radical (unpaired) electrons. The van der Waals surface area contributed by atoms with Crippen LogP contribution in [-0.4, -0.2) is 19.1 Å². The standard InChI is InChI=1S/C13H16FNO2/c1-10(15-8-7-13(16)17-2)9-11-3-5-12(14)6-4-11/h3-8,10,15H,9H2,1-2H3/b8-7+. The number of hydrogen-bond donors (Lipinski definition) is 1. The summed E-state index contributed by atoms with van der Waals surface area (Å²) in [5.74, 6) is -0.633. The Morgan fingerprint density at radius 3 is 2.71 bits per heavy atom. The van der Waals surface area contributed by atoms with Crippen LogP contribution in [0.2, 0.25) is 0 Å². The third-order valence-electron chi connectivity index (χ3n) is 2.26. The Labute approximate surface area is 100 Å². The molecular weight excluding hydrogens is 221 g/mol. The Hall–Kier alpha value is -1.84. The van der Waals surface area contributed by atoms with Gasteiger partial charge in [0.2, 0.25) is 0 Å². The third kappa shape index (κ3) is 5.15. The molecule has 92 valence electrons. The number of benzene rings is 1. The molecule has 1 rings (SSSR count). The molecule has 4 heteroatoms. The normalized spacial score (nSPS) is 12.4. The molecule has 0 spiro atoms. The van der Waals surface area contributed by atoms with Gasteiger partial charge in [-0.25, -0.2) is 9.18 Å². The van der Waals surface area contributed by atoms with E-state index in [4.69, 9.17) is 0 Å². The van der Waals surface area contributed by atoms with E-state index in [1.807, 2.05) is 6.92 Å². The Bertz CT molecular complexity index is 387. The quantitative estimate of drug-likeness (QED) is 0.629. The number of hydrogen-bond acceptors (Lipinski definition) is 3. The van der Waals surface area contributed by atoms with Gasteiger partial charge in [0.25, 0.3) is 0 Å². The fourth-order valence-corrected chi connectivity index (χ4v) is 1.38. The van der Waals surface area contributed by atoms with E-state index in [0.717, 1.165) is 12.0 Å². The zero-order valence-electron chi connectivity index (χ0n) is 9.94. The maximum atomic E-state index is 12.7. The average molecular weight is 237 g/mol. The van der Waals surface area contributed by atoms with Crippen LogP contribution in [0.1, 0.15) is 12.5 Å². The first-order chi connectivity index (χ1) is 8.11. The molecule has 17 heavy (non-hydrogen) atoms. The molecule has 0 saturated heterocycles. The summed E-state index contributed by atoms with van der Waals surface area (Å²) in [5.41, 5.74) is 1.04. The van der Waals surface area contributed by atoms with Crippen LogP contribution in [-0.2, 0) is 16.0 Å². The minimum atomic E-state index is -0.397. The number of methoxy groups -OCH3 is 1. The van der Waals surface area contributed by atoms with Crippen molar-refractivity contribution in [3.8, 4) is 0 Å². The molecule has 0 fully saturated rings. The van der Waals surface area contributed by atoms with Crippen molar-refractivity contribution >= 4 is 5.97 Å². The van der Waals surface area contributed by atoms with E-state index in [2.05, 4.69) is 10.1 Å². The Morgan fingerprint density at radius 1 is 1.47 bits per heavy atom. The van der Waals surface area contributed by atoms with E-state index in [1.54, 1.807) is 18.3 Å². The molecule has 0 aromatic heterocycles. The summed E-state index contributed by atoms with van der Waals surface area (Å²) in [6, 6.07) is 6.52. The fourth-order valence-electron chi connectivity index (χ4n) is 1.38. The topological polar surface area (TPSA) is 38.3 Å². The minimum Gasteiger partial charge on any atom is -0.466 e. The van der Waals surface area contributed by atoms with Gasteiger partial charge in [0.05, 0.1) is 7.11 Å². The van der Waals surface area contributed by atoms with E-state index >= 15 is 0 Å².